The molecule has 2 aliphatic rings. The van der Waals surface area contributed by atoms with Gasteiger partial charge in [0.15, 0.2) is 0 Å². The number of nitrogens with zero attached hydrogens (tertiary/aromatic N) is 1. The van der Waals surface area contributed by atoms with E-state index in [1.54, 1.807) is 18.4 Å². The SMILES string of the molecule is CC(NCC(=O)NN1C(=O)NC2(CCCCC2)C1=O)c1ccco1. The Morgan fingerprint density at radius 2 is 2.12 bits per heavy atom. The van der Waals surface area contributed by atoms with Crippen molar-refractivity contribution in [3.63, 3.8) is 0 Å². The summed E-state index contributed by atoms with van der Waals surface area (Å²) in [7, 11) is 0. The van der Waals surface area contributed by atoms with Gasteiger partial charge in [-0.25, -0.2) is 4.79 Å². The molecule has 3 N–H and O–H groups in total. The first kappa shape index (κ1) is 16.5. The smallest absolute Gasteiger partial charge is 0.344 e. The lowest BCUT2D eigenvalue weighted by molar-refractivity contribution is -0.139. The molecule has 8 heteroatoms. The van der Waals surface area contributed by atoms with E-state index >= 15 is 0 Å². The zero-order valence-corrected chi connectivity index (χ0v) is 13.6. The number of hydrogen-bond donors (Lipinski definition) is 3. The summed E-state index contributed by atoms with van der Waals surface area (Å²) in [4.78, 5) is 36.7. The molecule has 1 aromatic rings. The standard InChI is InChI=1S/C16H22N4O4/c1-11(12-6-5-9-24-12)17-10-13(21)19-20-14(22)16(18-15(20)23)7-3-2-4-8-16/h5-6,9,11,17H,2-4,7-8,10H2,1H3,(H,18,23)(H,19,21). The molecule has 0 bridgehead atoms. The van der Waals surface area contributed by atoms with Crippen LogP contribution in [0, 0.1) is 0 Å². The summed E-state index contributed by atoms with van der Waals surface area (Å²) in [5.41, 5.74) is 1.55. The number of carbonyl (C=O) groups is 3. The summed E-state index contributed by atoms with van der Waals surface area (Å²) in [5.74, 6) is -0.108. The molecule has 4 amide bonds. The molecule has 1 unspecified atom stereocenters. The van der Waals surface area contributed by atoms with Gasteiger partial charge in [-0.15, -0.1) is 0 Å². The van der Waals surface area contributed by atoms with Crippen molar-refractivity contribution in [1.29, 1.82) is 0 Å². The van der Waals surface area contributed by atoms with Crippen molar-refractivity contribution >= 4 is 17.8 Å². The summed E-state index contributed by atoms with van der Waals surface area (Å²) in [6.07, 6.45) is 5.66. The van der Waals surface area contributed by atoms with Gasteiger partial charge in [-0.3, -0.25) is 20.3 Å². The van der Waals surface area contributed by atoms with E-state index in [4.69, 9.17) is 4.42 Å². The predicted octanol–water partition coefficient (Wildman–Crippen LogP) is 1.22. The number of rotatable bonds is 5. The van der Waals surface area contributed by atoms with Crippen LogP contribution in [0.2, 0.25) is 0 Å². The molecule has 1 spiro atoms. The fraction of sp³-hybridized carbons (Fsp3) is 0.562. The van der Waals surface area contributed by atoms with Crippen molar-refractivity contribution in [2.75, 3.05) is 6.54 Å². The van der Waals surface area contributed by atoms with Crippen LogP contribution < -0.4 is 16.1 Å². The molecule has 1 aromatic heterocycles. The predicted molar refractivity (Wildman–Crippen MR) is 84.5 cm³/mol. The van der Waals surface area contributed by atoms with Crippen LogP contribution in [0.4, 0.5) is 4.79 Å². The van der Waals surface area contributed by atoms with Gasteiger partial charge in [0.25, 0.3) is 11.8 Å². The zero-order valence-electron chi connectivity index (χ0n) is 13.6. The maximum Gasteiger partial charge on any atom is 0.344 e. The van der Waals surface area contributed by atoms with Gasteiger partial charge >= 0.3 is 6.03 Å². The molecular weight excluding hydrogens is 312 g/mol. The molecule has 0 aromatic carbocycles. The van der Waals surface area contributed by atoms with Crippen molar-refractivity contribution in [2.45, 2.75) is 50.6 Å². The fourth-order valence-corrected chi connectivity index (χ4v) is 3.26. The Kier molecular flexibility index (Phi) is 4.57. The van der Waals surface area contributed by atoms with Gasteiger partial charge < -0.3 is 9.73 Å². The van der Waals surface area contributed by atoms with E-state index in [2.05, 4.69) is 16.1 Å². The molecule has 1 atom stereocenters. The Morgan fingerprint density at radius 1 is 1.38 bits per heavy atom. The summed E-state index contributed by atoms with van der Waals surface area (Å²) in [5, 5.41) is 6.55. The van der Waals surface area contributed by atoms with Crippen LogP contribution in [-0.4, -0.2) is 34.9 Å². The van der Waals surface area contributed by atoms with Crippen molar-refractivity contribution in [3.8, 4) is 0 Å². The van der Waals surface area contributed by atoms with E-state index in [1.165, 1.54) is 0 Å². The van der Waals surface area contributed by atoms with E-state index in [-0.39, 0.29) is 18.5 Å². The van der Waals surface area contributed by atoms with Crippen LogP contribution in [0.5, 0.6) is 0 Å². The number of furan rings is 1. The third-order valence-corrected chi connectivity index (χ3v) is 4.64. The van der Waals surface area contributed by atoms with Gasteiger partial charge in [-0.1, -0.05) is 19.3 Å². The molecule has 2 heterocycles. The summed E-state index contributed by atoms with van der Waals surface area (Å²) < 4.78 is 5.25. The van der Waals surface area contributed by atoms with E-state index in [9.17, 15) is 14.4 Å². The van der Waals surface area contributed by atoms with Gasteiger partial charge in [-0.05, 0) is 31.9 Å². The normalized spacial score (nSPS) is 21.0. The van der Waals surface area contributed by atoms with Crippen LogP contribution in [-0.2, 0) is 9.59 Å². The number of imide groups is 1. The molecule has 130 valence electrons. The third kappa shape index (κ3) is 3.14. The number of carbonyl (C=O) groups excluding carboxylic acids is 3. The molecule has 1 aliphatic heterocycles. The Balaban J connectivity index is 1.54. The van der Waals surface area contributed by atoms with Crippen LogP contribution in [0.15, 0.2) is 22.8 Å². The molecular formula is C16H22N4O4. The second-order valence-electron chi connectivity index (χ2n) is 6.37. The molecule has 24 heavy (non-hydrogen) atoms. The highest BCUT2D eigenvalue weighted by Crippen LogP contribution is 2.32. The lowest BCUT2D eigenvalue weighted by Gasteiger charge is -2.30. The largest absolute Gasteiger partial charge is 0.468 e. The summed E-state index contributed by atoms with van der Waals surface area (Å²) in [6.45, 7) is 1.82. The first-order valence-corrected chi connectivity index (χ1v) is 8.25. The number of urea groups is 1. The second kappa shape index (κ2) is 6.64. The molecule has 1 aliphatic carbocycles. The van der Waals surface area contributed by atoms with Crippen LogP contribution in [0.25, 0.3) is 0 Å². The third-order valence-electron chi connectivity index (χ3n) is 4.64. The van der Waals surface area contributed by atoms with Crippen molar-refractivity contribution < 1.29 is 18.8 Å². The first-order valence-electron chi connectivity index (χ1n) is 8.25. The van der Waals surface area contributed by atoms with Crippen LogP contribution in [0.3, 0.4) is 0 Å². The Labute approximate surface area is 139 Å². The van der Waals surface area contributed by atoms with Gasteiger partial charge in [0.1, 0.15) is 11.3 Å². The van der Waals surface area contributed by atoms with Crippen LogP contribution >= 0.6 is 0 Å². The summed E-state index contributed by atoms with van der Waals surface area (Å²) >= 11 is 0. The lowest BCUT2D eigenvalue weighted by atomic mass is 9.82. The average molecular weight is 334 g/mol. The number of hydrazine groups is 1. The quantitative estimate of drug-likeness (QED) is 0.702. The molecule has 2 fully saturated rings. The average Bonchev–Trinajstić information content (AvgIpc) is 3.18. The summed E-state index contributed by atoms with van der Waals surface area (Å²) in [6, 6.07) is 2.86. The van der Waals surface area contributed by atoms with E-state index in [0.717, 1.165) is 24.3 Å². The van der Waals surface area contributed by atoms with Gasteiger partial charge in [0.2, 0.25) is 0 Å². The maximum atomic E-state index is 12.5. The second-order valence-corrected chi connectivity index (χ2v) is 6.37. The minimum absolute atomic E-state index is 0.0358. The van der Waals surface area contributed by atoms with Gasteiger partial charge in [0, 0.05) is 0 Å². The number of nitrogens with one attached hydrogen (secondary N) is 3. The maximum absolute atomic E-state index is 12.5. The minimum Gasteiger partial charge on any atom is -0.468 e. The number of hydrogen-bond acceptors (Lipinski definition) is 5. The Morgan fingerprint density at radius 3 is 2.79 bits per heavy atom. The van der Waals surface area contributed by atoms with Crippen molar-refractivity contribution in [2.24, 2.45) is 0 Å². The molecule has 3 rings (SSSR count). The van der Waals surface area contributed by atoms with E-state index in [1.807, 2.05) is 6.92 Å². The fourth-order valence-electron chi connectivity index (χ4n) is 3.26. The van der Waals surface area contributed by atoms with E-state index < -0.39 is 17.5 Å². The highest BCUT2D eigenvalue weighted by atomic mass is 16.3. The molecule has 8 nitrogen and oxygen atoms in total. The number of amides is 4. The molecule has 0 radical (unpaired) electrons. The highest BCUT2D eigenvalue weighted by Gasteiger charge is 2.52. The zero-order chi connectivity index (χ0) is 17.2. The molecule has 1 saturated heterocycles. The Bertz CT molecular complexity index is 622. The van der Waals surface area contributed by atoms with Crippen LogP contribution in [0.1, 0.15) is 50.8 Å². The highest BCUT2D eigenvalue weighted by molar-refractivity contribution is 6.08. The topological polar surface area (TPSA) is 104 Å². The monoisotopic (exact) mass is 334 g/mol. The lowest BCUT2D eigenvalue weighted by Crippen LogP contribution is -2.52. The minimum atomic E-state index is -0.836. The van der Waals surface area contributed by atoms with Crippen molar-refractivity contribution in [1.82, 2.24) is 21.1 Å². The van der Waals surface area contributed by atoms with E-state index in [0.29, 0.717) is 18.6 Å². The van der Waals surface area contributed by atoms with Crippen molar-refractivity contribution in [3.05, 3.63) is 24.2 Å². The van der Waals surface area contributed by atoms with Gasteiger partial charge in [-0.2, -0.15) is 5.01 Å². The Hall–Kier alpha value is -2.35. The van der Waals surface area contributed by atoms with Gasteiger partial charge in [0.05, 0.1) is 18.8 Å². The first-order chi connectivity index (χ1) is 11.5. The molecule has 1 saturated carbocycles.